The maximum Gasteiger partial charge on any atom is 0.244 e. The molecule has 126 valence electrons. The number of sulfonamides is 1. The van der Waals surface area contributed by atoms with Crippen molar-refractivity contribution >= 4 is 10.0 Å². The maximum atomic E-state index is 12.5. The molecule has 0 radical (unpaired) electrons. The molecule has 2 aromatic rings. The molecule has 1 aliphatic rings. The number of nitrogens with zero attached hydrogens (tertiary/aromatic N) is 4. The van der Waals surface area contributed by atoms with Gasteiger partial charge >= 0.3 is 0 Å². The van der Waals surface area contributed by atoms with Crippen molar-refractivity contribution in [2.75, 3.05) is 6.54 Å². The second-order valence-corrected chi connectivity index (χ2v) is 7.91. The SMILES string of the molecule is Cc1nn(C)c(C)c1S(=O)(=O)NCCn1c(C)cnc1C1CC1. The van der Waals surface area contributed by atoms with Crippen molar-refractivity contribution in [2.45, 2.75) is 51.0 Å². The maximum absolute atomic E-state index is 12.5. The van der Waals surface area contributed by atoms with Crippen molar-refractivity contribution in [3.8, 4) is 0 Å². The molecule has 1 fully saturated rings. The molecule has 0 bridgehead atoms. The summed E-state index contributed by atoms with van der Waals surface area (Å²) < 4.78 is 31.5. The van der Waals surface area contributed by atoms with E-state index in [1.807, 2.05) is 13.1 Å². The summed E-state index contributed by atoms with van der Waals surface area (Å²) in [5.74, 6) is 1.62. The number of nitrogens with one attached hydrogen (secondary N) is 1. The van der Waals surface area contributed by atoms with Crippen LogP contribution in [0.2, 0.25) is 0 Å². The summed E-state index contributed by atoms with van der Waals surface area (Å²) in [7, 11) is -1.80. The van der Waals surface area contributed by atoms with E-state index < -0.39 is 10.0 Å². The first-order chi connectivity index (χ1) is 10.8. The Balaban J connectivity index is 1.72. The van der Waals surface area contributed by atoms with E-state index in [4.69, 9.17) is 0 Å². The van der Waals surface area contributed by atoms with Crippen molar-refractivity contribution in [3.63, 3.8) is 0 Å². The summed E-state index contributed by atoms with van der Waals surface area (Å²) in [4.78, 5) is 4.74. The third kappa shape index (κ3) is 3.05. The predicted octanol–water partition coefficient (Wildman–Crippen LogP) is 1.40. The van der Waals surface area contributed by atoms with Gasteiger partial charge in [-0.15, -0.1) is 0 Å². The van der Waals surface area contributed by atoms with Gasteiger partial charge < -0.3 is 4.57 Å². The highest BCUT2D eigenvalue weighted by Gasteiger charge is 2.29. The Bertz CT molecular complexity index is 830. The van der Waals surface area contributed by atoms with Crippen LogP contribution in [0.25, 0.3) is 0 Å². The van der Waals surface area contributed by atoms with Crippen LogP contribution in [-0.4, -0.2) is 34.3 Å². The molecule has 0 aliphatic heterocycles. The summed E-state index contributed by atoms with van der Waals surface area (Å²) in [5.41, 5.74) is 2.24. The van der Waals surface area contributed by atoms with Crippen LogP contribution in [0.5, 0.6) is 0 Å². The van der Waals surface area contributed by atoms with Crippen LogP contribution in [0.4, 0.5) is 0 Å². The van der Waals surface area contributed by atoms with Crippen molar-refractivity contribution in [3.05, 3.63) is 29.1 Å². The van der Waals surface area contributed by atoms with Crippen LogP contribution in [0.3, 0.4) is 0 Å². The second kappa shape index (κ2) is 5.76. The van der Waals surface area contributed by atoms with Gasteiger partial charge in [-0.1, -0.05) is 0 Å². The van der Waals surface area contributed by atoms with Crippen LogP contribution in [0.15, 0.2) is 11.1 Å². The molecule has 2 heterocycles. The molecule has 2 aromatic heterocycles. The first-order valence-corrected chi connectivity index (χ1v) is 9.31. The quantitative estimate of drug-likeness (QED) is 0.864. The zero-order chi connectivity index (χ0) is 16.8. The molecule has 8 heteroatoms. The largest absolute Gasteiger partial charge is 0.331 e. The molecule has 0 amide bonds. The zero-order valence-electron chi connectivity index (χ0n) is 14.0. The lowest BCUT2D eigenvalue weighted by atomic mass is 10.4. The molecule has 7 nitrogen and oxygen atoms in total. The highest BCUT2D eigenvalue weighted by molar-refractivity contribution is 7.89. The van der Waals surface area contributed by atoms with E-state index in [-0.39, 0.29) is 4.90 Å². The fraction of sp³-hybridized carbons (Fsp3) is 0.600. The first-order valence-electron chi connectivity index (χ1n) is 7.83. The van der Waals surface area contributed by atoms with Crippen LogP contribution in [0, 0.1) is 20.8 Å². The minimum absolute atomic E-state index is 0.282. The van der Waals surface area contributed by atoms with Crippen molar-refractivity contribution in [1.29, 1.82) is 0 Å². The summed E-state index contributed by atoms with van der Waals surface area (Å²) in [6.45, 7) is 6.41. The van der Waals surface area contributed by atoms with E-state index in [9.17, 15) is 8.42 Å². The van der Waals surface area contributed by atoms with Crippen molar-refractivity contribution in [1.82, 2.24) is 24.1 Å². The Hall–Kier alpha value is -1.67. The molecule has 23 heavy (non-hydrogen) atoms. The summed E-state index contributed by atoms with van der Waals surface area (Å²) in [6, 6.07) is 0. The van der Waals surface area contributed by atoms with Gasteiger partial charge in [0.25, 0.3) is 0 Å². The summed E-state index contributed by atoms with van der Waals surface area (Å²) in [6.07, 6.45) is 4.21. The van der Waals surface area contributed by atoms with Gasteiger partial charge in [0.05, 0.1) is 11.4 Å². The lowest BCUT2D eigenvalue weighted by molar-refractivity contribution is 0.565. The summed E-state index contributed by atoms with van der Waals surface area (Å²) in [5, 5.41) is 4.18. The summed E-state index contributed by atoms with van der Waals surface area (Å²) >= 11 is 0. The third-order valence-corrected chi connectivity index (χ3v) is 6.08. The minimum atomic E-state index is -3.55. The molecule has 1 N–H and O–H groups in total. The van der Waals surface area contributed by atoms with Gasteiger partial charge in [0, 0.05) is 37.9 Å². The van der Waals surface area contributed by atoms with E-state index in [1.54, 1.807) is 25.6 Å². The Morgan fingerprint density at radius 1 is 1.30 bits per heavy atom. The van der Waals surface area contributed by atoms with E-state index in [0.717, 1.165) is 11.5 Å². The Morgan fingerprint density at radius 3 is 2.57 bits per heavy atom. The van der Waals surface area contributed by atoms with Crippen LogP contribution >= 0.6 is 0 Å². The lowest BCUT2D eigenvalue weighted by Gasteiger charge is -2.11. The molecule has 0 unspecified atom stereocenters. The Labute approximate surface area is 136 Å². The number of hydrogen-bond acceptors (Lipinski definition) is 4. The van der Waals surface area contributed by atoms with E-state index in [2.05, 4.69) is 19.4 Å². The number of hydrogen-bond donors (Lipinski definition) is 1. The van der Waals surface area contributed by atoms with Crippen LogP contribution in [-0.2, 0) is 23.6 Å². The van der Waals surface area contributed by atoms with Crippen LogP contribution < -0.4 is 4.72 Å². The molecule has 0 atom stereocenters. The number of rotatable bonds is 6. The monoisotopic (exact) mass is 337 g/mol. The topological polar surface area (TPSA) is 81.8 Å². The van der Waals surface area contributed by atoms with Gasteiger partial charge in [-0.3, -0.25) is 4.68 Å². The van der Waals surface area contributed by atoms with Gasteiger partial charge in [-0.25, -0.2) is 18.1 Å². The highest BCUT2D eigenvalue weighted by atomic mass is 32.2. The van der Waals surface area contributed by atoms with Gasteiger partial charge in [-0.2, -0.15) is 5.10 Å². The highest BCUT2D eigenvalue weighted by Crippen LogP contribution is 2.39. The third-order valence-electron chi connectivity index (χ3n) is 4.37. The first kappa shape index (κ1) is 16.2. The molecule has 0 saturated heterocycles. The zero-order valence-corrected chi connectivity index (χ0v) is 14.8. The molecule has 0 aromatic carbocycles. The van der Waals surface area contributed by atoms with E-state index >= 15 is 0 Å². The Morgan fingerprint density at radius 2 is 2.00 bits per heavy atom. The predicted molar refractivity (Wildman–Crippen MR) is 86.8 cm³/mol. The fourth-order valence-electron chi connectivity index (χ4n) is 2.94. The normalized spacial score (nSPS) is 15.3. The number of imidazole rings is 1. The lowest BCUT2D eigenvalue weighted by Crippen LogP contribution is -2.29. The smallest absolute Gasteiger partial charge is 0.244 e. The molecular weight excluding hydrogens is 314 g/mol. The fourth-order valence-corrected chi connectivity index (χ4v) is 4.40. The minimum Gasteiger partial charge on any atom is -0.331 e. The van der Waals surface area contributed by atoms with E-state index in [0.29, 0.717) is 30.4 Å². The van der Waals surface area contributed by atoms with Crippen molar-refractivity contribution < 1.29 is 8.42 Å². The van der Waals surface area contributed by atoms with Crippen molar-refractivity contribution in [2.24, 2.45) is 7.05 Å². The van der Waals surface area contributed by atoms with Gasteiger partial charge in [0.1, 0.15) is 10.7 Å². The van der Waals surface area contributed by atoms with Crippen LogP contribution in [0.1, 0.15) is 41.7 Å². The van der Waals surface area contributed by atoms with Gasteiger partial charge in [0.15, 0.2) is 0 Å². The van der Waals surface area contributed by atoms with Gasteiger partial charge in [-0.05, 0) is 33.6 Å². The molecule has 1 aliphatic carbocycles. The average molecular weight is 337 g/mol. The van der Waals surface area contributed by atoms with Gasteiger partial charge in [0.2, 0.25) is 10.0 Å². The molecular formula is C15H23N5O2S. The number of aryl methyl sites for hydroxylation is 3. The molecule has 3 rings (SSSR count). The standard InChI is InChI=1S/C15H23N5O2S/c1-10-9-16-15(13-5-6-13)20(10)8-7-17-23(21,22)14-11(2)18-19(4)12(14)3/h9,13,17H,5-8H2,1-4H3. The average Bonchev–Trinajstić information content (AvgIpc) is 3.18. The Kier molecular flexibility index (Phi) is 4.05. The number of aromatic nitrogens is 4. The molecule has 1 saturated carbocycles. The second-order valence-electron chi connectivity index (χ2n) is 6.21. The molecule has 0 spiro atoms. The van der Waals surface area contributed by atoms with E-state index in [1.165, 1.54) is 12.8 Å².